The van der Waals surface area contributed by atoms with E-state index in [0.29, 0.717) is 42.4 Å². The van der Waals surface area contributed by atoms with E-state index < -0.39 is 17.4 Å². The quantitative estimate of drug-likeness (QED) is 0.350. The van der Waals surface area contributed by atoms with E-state index in [9.17, 15) is 24.3 Å². The standard InChI is InChI=1S/C20H28N4O5S2/c21-17(26)11-3-5-23(6-4-11)9-12-10-31-19-15(18(27)24(19)16(12)20(28)29)22-14(25)8-13-2-1-7-30-13/h11,13,15,19H,1-10H2,(H2,21,26)(H,22,25)(H,28,29)/t13?,15-,19-/m0/s1. The average molecular weight is 469 g/mol. The minimum Gasteiger partial charge on any atom is -0.543 e. The van der Waals surface area contributed by atoms with E-state index in [1.807, 2.05) is 0 Å². The highest BCUT2D eigenvalue weighted by Gasteiger charge is 2.53. The molecular formula is C20H28N4O5S2. The van der Waals surface area contributed by atoms with Crippen LogP contribution in [0.15, 0.2) is 11.3 Å². The van der Waals surface area contributed by atoms with Crippen LogP contribution in [0, 0.1) is 5.92 Å². The van der Waals surface area contributed by atoms with Gasteiger partial charge in [-0.15, -0.1) is 11.8 Å². The number of carbonyl (C=O) groups excluding carboxylic acids is 4. The SMILES string of the molecule is NC(=O)C1CC[NH+](CC2=C(C(=O)[O-])N3C(=O)[C@H](NC(=O)CC4CCCS4)[C@@H]3SC2)CC1. The number of rotatable bonds is 7. The minimum absolute atomic E-state index is 0.0462. The number of nitrogens with zero attached hydrogens (tertiary/aromatic N) is 1. The first-order valence-corrected chi connectivity index (χ1v) is 12.9. The maximum Gasteiger partial charge on any atom is 0.253 e. The molecule has 0 aromatic carbocycles. The van der Waals surface area contributed by atoms with Crippen LogP contribution in [-0.2, 0) is 19.2 Å². The van der Waals surface area contributed by atoms with Gasteiger partial charge in [0.1, 0.15) is 18.0 Å². The lowest BCUT2D eigenvalue weighted by molar-refractivity contribution is -0.901. The number of primary amides is 1. The van der Waals surface area contributed by atoms with Gasteiger partial charge in [-0.2, -0.15) is 11.8 Å². The zero-order valence-corrected chi connectivity index (χ0v) is 18.9. The average Bonchev–Trinajstić information content (AvgIpc) is 3.24. The third kappa shape index (κ3) is 4.73. The molecule has 1 unspecified atom stereocenters. The maximum atomic E-state index is 12.7. The normalized spacial score (nSPS) is 33.0. The molecule has 4 rings (SSSR count). The number of β-lactam (4-membered cyclic amide) rings is 1. The van der Waals surface area contributed by atoms with E-state index >= 15 is 0 Å². The summed E-state index contributed by atoms with van der Waals surface area (Å²) in [5.74, 6) is -0.744. The highest BCUT2D eigenvalue weighted by Crippen LogP contribution is 2.40. The van der Waals surface area contributed by atoms with E-state index in [1.165, 1.54) is 21.6 Å². The van der Waals surface area contributed by atoms with Gasteiger partial charge in [0.2, 0.25) is 11.8 Å². The number of nitrogens with two attached hydrogens (primary N) is 1. The van der Waals surface area contributed by atoms with E-state index in [-0.39, 0.29) is 29.3 Å². The fourth-order valence-corrected chi connectivity index (χ4v) is 7.46. The number of nitrogens with one attached hydrogen (secondary N) is 2. The summed E-state index contributed by atoms with van der Waals surface area (Å²) in [6, 6.07) is -0.682. The molecule has 0 aliphatic carbocycles. The third-order valence-electron chi connectivity index (χ3n) is 6.55. The van der Waals surface area contributed by atoms with Crippen molar-refractivity contribution in [2.24, 2.45) is 11.7 Å². The van der Waals surface area contributed by atoms with Gasteiger partial charge in [0.05, 0.1) is 24.8 Å². The molecule has 0 radical (unpaired) electrons. The Kier molecular flexibility index (Phi) is 6.83. The Bertz CT molecular complexity index is 805. The number of fused-ring (bicyclic) bond motifs is 1. The first-order chi connectivity index (χ1) is 14.8. The van der Waals surface area contributed by atoms with Gasteiger partial charge in [0, 0.05) is 41.8 Å². The highest BCUT2D eigenvalue weighted by atomic mass is 32.2. The summed E-state index contributed by atoms with van der Waals surface area (Å²) < 4.78 is 0. The van der Waals surface area contributed by atoms with Crippen molar-refractivity contribution in [2.75, 3.05) is 31.1 Å². The van der Waals surface area contributed by atoms with Crippen LogP contribution in [0.2, 0.25) is 0 Å². The van der Waals surface area contributed by atoms with Gasteiger partial charge in [-0.3, -0.25) is 19.3 Å². The molecular weight excluding hydrogens is 440 g/mol. The second-order valence-electron chi connectivity index (χ2n) is 8.64. The Hall–Kier alpha value is -1.72. The van der Waals surface area contributed by atoms with Crippen LogP contribution in [0.3, 0.4) is 0 Å². The van der Waals surface area contributed by atoms with Crippen LogP contribution in [0.1, 0.15) is 32.1 Å². The maximum absolute atomic E-state index is 12.7. The molecule has 3 atom stereocenters. The van der Waals surface area contributed by atoms with Gasteiger partial charge in [0.15, 0.2) is 0 Å². The van der Waals surface area contributed by atoms with Gasteiger partial charge >= 0.3 is 0 Å². The molecule has 4 N–H and O–H groups in total. The minimum atomic E-state index is -1.35. The van der Waals surface area contributed by atoms with Crippen LogP contribution >= 0.6 is 23.5 Å². The number of carboxylic acid groups (broad SMARTS) is 1. The molecule has 3 fully saturated rings. The molecule has 0 bridgehead atoms. The molecule has 170 valence electrons. The number of quaternary nitrogens is 1. The zero-order valence-electron chi connectivity index (χ0n) is 17.3. The van der Waals surface area contributed by atoms with Gasteiger partial charge in [-0.25, -0.2) is 0 Å². The van der Waals surface area contributed by atoms with Crippen molar-refractivity contribution in [1.82, 2.24) is 10.2 Å². The molecule has 0 spiro atoms. The number of hydrogen-bond acceptors (Lipinski definition) is 7. The van der Waals surface area contributed by atoms with Crippen molar-refractivity contribution in [3.05, 3.63) is 11.3 Å². The Morgan fingerprint density at radius 1 is 1.19 bits per heavy atom. The van der Waals surface area contributed by atoms with Gasteiger partial charge in [-0.05, 0) is 18.6 Å². The summed E-state index contributed by atoms with van der Waals surface area (Å²) in [5.41, 5.74) is 6.01. The Balaban J connectivity index is 1.38. The molecule has 31 heavy (non-hydrogen) atoms. The monoisotopic (exact) mass is 468 g/mol. The largest absolute Gasteiger partial charge is 0.543 e. The van der Waals surface area contributed by atoms with Gasteiger partial charge in [0.25, 0.3) is 5.91 Å². The number of thioether (sulfide) groups is 2. The number of carbonyl (C=O) groups is 4. The Morgan fingerprint density at radius 2 is 1.94 bits per heavy atom. The fraction of sp³-hybridized carbons (Fsp3) is 0.700. The molecule has 3 amide bonds. The van der Waals surface area contributed by atoms with E-state index in [1.54, 1.807) is 11.8 Å². The van der Waals surface area contributed by atoms with Crippen molar-refractivity contribution in [3.8, 4) is 0 Å². The van der Waals surface area contributed by atoms with Crippen LogP contribution < -0.4 is 21.1 Å². The second-order valence-corrected chi connectivity index (χ2v) is 11.2. The third-order valence-corrected chi connectivity index (χ3v) is 9.29. The molecule has 0 aromatic rings. The number of hydrogen-bond donors (Lipinski definition) is 3. The summed E-state index contributed by atoms with van der Waals surface area (Å²) in [7, 11) is 0. The van der Waals surface area contributed by atoms with Crippen molar-refractivity contribution >= 4 is 47.2 Å². The molecule has 9 nitrogen and oxygen atoms in total. The fourth-order valence-electron chi connectivity index (χ4n) is 4.84. The molecule has 0 saturated carbocycles. The van der Waals surface area contributed by atoms with Crippen molar-refractivity contribution in [3.63, 3.8) is 0 Å². The number of piperidine rings is 1. The predicted molar refractivity (Wildman–Crippen MR) is 115 cm³/mol. The molecule has 3 saturated heterocycles. The summed E-state index contributed by atoms with van der Waals surface area (Å²) >= 11 is 3.27. The number of likely N-dealkylation sites (tertiary alicyclic amines) is 1. The topological polar surface area (TPSA) is 137 Å². The smallest absolute Gasteiger partial charge is 0.253 e. The number of amides is 3. The molecule has 4 aliphatic rings. The molecule has 0 aromatic heterocycles. The predicted octanol–water partition coefficient (Wildman–Crippen LogP) is -2.54. The van der Waals surface area contributed by atoms with Crippen LogP contribution in [0.4, 0.5) is 0 Å². The molecule has 11 heteroatoms. The Morgan fingerprint density at radius 3 is 2.55 bits per heavy atom. The zero-order chi connectivity index (χ0) is 22.1. The van der Waals surface area contributed by atoms with Gasteiger partial charge in [-0.1, -0.05) is 0 Å². The van der Waals surface area contributed by atoms with Crippen LogP contribution in [-0.4, -0.2) is 76.4 Å². The second kappa shape index (κ2) is 9.41. The van der Waals surface area contributed by atoms with Crippen molar-refractivity contribution in [2.45, 2.75) is 48.8 Å². The lowest BCUT2D eigenvalue weighted by Gasteiger charge is -2.51. The molecule has 4 aliphatic heterocycles. The summed E-state index contributed by atoms with van der Waals surface area (Å²) in [4.78, 5) is 50.8. The van der Waals surface area contributed by atoms with Crippen LogP contribution in [0.25, 0.3) is 0 Å². The lowest BCUT2D eigenvalue weighted by Crippen LogP contribution is -3.13. The van der Waals surface area contributed by atoms with Crippen molar-refractivity contribution in [1.29, 1.82) is 0 Å². The van der Waals surface area contributed by atoms with Crippen LogP contribution in [0.5, 0.6) is 0 Å². The lowest BCUT2D eigenvalue weighted by atomic mass is 9.95. The van der Waals surface area contributed by atoms with E-state index in [0.717, 1.165) is 31.7 Å². The highest BCUT2D eigenvalue weighted by molar-refractivity contribution is 8.00. The molecule has 4 heterocycles. The number of aliphatic carboxylic acids is 1. The summed E-state index contributed by atoms with van der Waals surface area (Å²) in [6.45, 7) is 1.96. The first kappa shape index (κ1) is 22.5. The summed E-state index contributed by atoms with van der Waals surface area (Å²) in [6.07, 6.45) is 3.89. The first-order valence-electron chi connectivity index (χ1n) is 10.8. The van der Waals surface area contributed by atoms with E-state index in [4.69, 9.17) is 5.73 Å². The van der Waals surface area contributed by atoms with Gasteiger partial charge < -0.3 is 25.9 Å². The van der Waals surface area contributed by atoms with Crippen molar-refractivity contribution < 1.29 is 29.2 Å². The summed E-state index contributed by atoms with van der Waals surface area (Å²) in [5, 5.41) is 14.6. The number of carboxylic acids is 1. The Labute approximate surface area is 189 Å². The van der Waals surface area contributed by atoms with E-state index in [2.05, 4.69) is 5.32 Å².